The summed E-state index contributed by atoms with van der Waals surface area (Å²) in [4.78, 5) is 1.68. The highest BCUT2D eigenvalue weighted by Crippen LogP contribution is 2.19. The third-order valence-corrected chi connectivity index (χ3v) is 2.20. The quantitative estimate of drug-likeness (QED) is 0.785. The Morgan fingerprint density at radius 3 is 2.67 bits per heavy atom. The smallest absolute Gasteiger partial charge is 0.146 e. The van der Waals surface area contributed by atoms with Crippen LogP contribution < -0.4 is 10.6 Å². The van der Waals surface area contributed by atoms with Crippen LogP contribution in [0.4, 0.5) is 10.1 Å². The van der Waals surface area contributed by atoms with Crippen LogP contribution in [0.5, 0.6) is 0 Å². The summed E-state index contributed by atoms with van der Waals surface area (Å²) < 4.78 is 13.6. The van der Waals surface area contributed by atoms with E-state index in [2.05, 4.69) is 0 Å². The molecule has 0 bridgehead atoms. The van der Waals surface area contributed by atoms with Gasteiger partial charge in [0.15, 0.2) is 0 Å². The SMILES string of the molecule is CC(O)CN(C)c1ccc(CN)cc1F. The maximum absolute atomic E-state index is 13.6. The first-order chi connectivity index (χ1) is 7.04. The van der Waals surface area contributed by atoms with Crippen LogP contribution in [0.25, 0.3) is 0 Å². The van der Waals surface area contributed by atoms with E-state index in [1.54, 1.807) is 31.0 Å². The van der Waals surface area contributed by atoms with Crippen LogP contribution in [-0.4, -0.2) is 24.8 Å². The average Bonchev–Trinajstić information content (AvgIpc) is 2.16. The molecule has 0 saturated heterocycles. The molecule has 0 fully saturated rings. The van der Waals surface area contributed by atoms with Gasteiger partial charge in [-0.1, -0.05) is 6.07 Å². The van der Waals surface area contributed by atoms with E-state index in [0.29, 0.717) is 18.8 Å². The van der Waals surface area contributed by atoms with E-state index in [9.17, 15) is 9.50 Å². The second-order valence-electron chi connectivity index (χ2n) is 3.72. The largest absolute Gasteiger partial charge is 0.392 e. The van der Waals surface area contributed by atoms with Gasteiger partial charge in [-0.2, -0.15) is 0 Å². The molecule has 1 rings (SSSR count). The standard InChI is InChI=1S/C11H17FN2O/c1-8(15)7-14(2)11-4-3-9(6-13)5-10(11)12/h3-5,8,15H,6-7,13H2,1-2H3. The molecule has 1 atom stereocenters. The Bertz CT molecular complexity index is 328. The summed E-state index contributed by atoms with van der Waals surface area (Å²) in [7, 11) is 1.74. The van der Waals surface area contributed by atoms with E-state index in [1.807, 2.05) is 0 Å². The second-order valence-corrected chi connectivity index (χ2v) is 3.72. The molecular weight excluding hydrogens is 195 g/mol. The van der Waals surface area contributed by atoms with Crippen molar-refractivity contribution in [3.63, 3.8) is 0 Å². The lowest BCUT2D eigenvalue weighted by atomic mass is 10.2. The predicted octanol–water partition coefficient (Wildman–Crippen LogP) is 1.10. The molecule has 15 heavy (non-hydrogen) atoms. The lowest BCUT2D eigenvalue weighted by molar-refractivity contribution is 0.201. The van der Waals surface area contributed by atoms with Crippen molar-refractivity contribution in [3.8, 4) is 0 Å². The van der Waals surface area contributed by atoms with E-state index >= 15 is 0 Å². The van der Waals surface area contributed by atoms with E-state index in [0.717, 1.165) is 5.56 Å². The van der Waals surface area contributed by atoms with Gasteiger partial charge in [-0.15, -0.1) is 0 Å². The fourth-order valence-corrected chi connectivity index (χ4v) is 1.48. The van der Waals surface area contributed by atoms with Gasteiger partial charge in [-0.05, 0) is 24.6 Å². The van der Waals surface area contributed by atoms with Gasteiger partial charge in [-0.3, -0.25) is 0 Å². The van der Waals surface area contributed by atoms with Crippen LogP contribution in [0.15, 0.2) is 18.2 Å². The van der Waals surface area contributed by atoms with Crippen molar-refractivity contribution < 1.29 is 9.50 Å². The Morgan fingerprint density at radius 1 is 1.53 bits per heavy atom. The molecule has 0 aliphatic rings. The van der Waals surface area contributed by atoms with Crippen LogP contribution in [-0.2, 0) is 6.54 Å². The fourth-order valence-electron chi connectivity index (χ4n) is 1.48. The first-order valence-electron chi connectivity index (χ1n) is 4.92. The highest BCUT2D eigenvalue weighted by molar-refractivity contribution is 5.48. The van der Waals surface area contributed by atoms with Crippen molar-refractivity contribution in [1.82, 2.24) is 0 Å². The van der Waals surface area contributed by atoms with E-state index in [1.165, 1.54) is 6.07 Å². The van der Waals surface area contributed by atoms with Crippen LogP contribution in [0.1, 0.15) is 12.5 Å². The molecule has 0 aliphatic carbocycles. The number of aliphatic hydroxyl groups is 1. The minimum atomic E-state index is -0.483. The monoisotopic (exact) mass is 212 g/mol. The zero-order valence-corrected chi connectivity index (χ0v) is 9.07. The Balaban J connectivity index is 2.85. The molecule has 1 aromatic carbocycles. The van der Waals surface area contributed by atoms with Crippen molar-refractivity contribution in [3.05, 3.63) is 29.6 Å². The minimum absolute atomic E-state index is 0.305. The van der Waals surface area contributed by atoms with Gasteiger partial charge in [0.25, 0.3) is 0 Å². The van der Waals surface area contributed by atoms with Crippen molar-refractivity contribution >= 4 is 5.69 Å². The third-order valence-electron chi connectivity index (χ3n) is 2.20. The second kappa shape index (κ2) is 5.09. The molecule has 0 radical (unpaired) electrons. The molecular formula is C11H17FN2O. The summed E-state index contributed by atoms with van der Waals surface area (Å²) in [6.07, 6.45) is -0.483. The van der Waals surface area contributed by atoms with Gasteiger partial charge in [0.2, 0.25) is 0 Å². The minimum Gasteiger partial charge on any atom is -0.392 e. The van der Waals surface area contributed by atoms with Gasteiger partial charge >= 0.3 is 0 Å². The Hall–Kier alpha value is -1.13. The Morgan fingerprint density at radius 2 is 2.20 bits per heavy atom. The molecule has 0 heterocycles. The zero-order valence-electron chi connectivity index (χ0n) is 9.07. The maximum atomic E-state index is 13.6. The number of hydrogen-bond donors (Lipinski definition) is 2. The summed E-state index contributed by atoms with van der Waals surface area (Å²) in [5, 5.41) is 9.19. The highest BCUT2D eigenvalue weighted by Gasteiger charge is 2.09. The number of hydrogen-bond acceptors (Lipinski definition) is 3. The van der Waals surface area contributed by atoms with E-state index in [-0.39, 0.29) is 5.82 Å². The van der Waals surface area contributed by atoms with Crippen molar-refractivity contribution in [2.75, 3.05) is 18.5 Å². The molecule has 0 amide bonds. The molecule has 0 aliphatic heterocycles. The zero-order chi connectivity index (χ0) is 11.4. The lowest BCUT2D eigenvalue weighted by Gasteiger charge is -2.21. The summed E-state index contributed by atoms with van der Waals surface area (Å²) in [6, 6.07) is 4.89. The predicted molar refractivity (Wildman–Crippen MR) is 59.2 cm³/mol. The molecule has 1 aromatic rings. The number of halogens is 1. The van der Waals surface area contributed by atoms with E-state index < -0.39 is 6.10 Å². The molecule has 1 unspecified atom stereocenters. The normalized spacial score (nSPS) is 12.6. The Labute approximate surface area is 89.3 Å². The summed E-state index contributed by atoms with van der Waals surface area (Å²) >= 11 is 0. The third kappa shape index (κ3) is 3.18. The molecule has 0 saturated carbocycles. The number of anilines is 1. The van der Waals surface area contributed by atoms with Gasteiger partial charge in [-0.25, -0.2) is 4.39 Å². The molecule has 84 valence electrons. The number of aliphatic hydroxyl groups excluding tert-OH is 1. The number of rotatable bonds is 4. The molecule has 0 aromatic heterocycles. The number of nitrogens with two attached hydrogens (primary N) is 1. The molecule has 4 heteroatoms. The van der Waals surface area contributed by atoms with Crippen LogP contribution in [0.2, 0.25) is 0 Å². The van der Waals surface area contributed by atoms with Gasteiger partial charge in [0, 0.05) is 20.1 Å². The van der Waals surface area contributed by atoms with E-state index in [4.69, 9.17) is 5.73 Å². The summed E-state index contributed by atoms with van der Waals surface area (Å²) in [5.41, 5.74) is 6.65. The topological polar surface area (TPSA) is 49.5 Å². The fraction of sp³-hybridized carbons (Fsp3) is 0.455. The Kier molecular flexibility index (Phi) is 4.05. The van der Waals surface area contributed by atoms with Crippen molar-refractivity contribution in [1.29, 1.82) is 0 Å². The first kappa shape index (κ1) is 11.9. The highest BCUT2D eigenvalue weighted by atomic mass is 19.1. The maximum Gasteiger partial charge on any atom is 0.146 e. The van der Waals surface area contributed by atoms with Gasteiger partial charge < -0.3 is 15.7 Å². The van der Waals surface area contributed by atoms with Gasteiger partial charge in [0.05, 0.1) is 11.8 Å². The number of benzene rings is 1. The summed E-state index contributed by atoms with van der Waals surface area (Å²) in [5.74, 6) is -0.305. The van der Waals surface area contributed by atoms with Crippen molar-refractivity contribution in [2.24, 2.45) is 5.73 Å². The van der Waals surface area contributed by atoms with Crippen LogP contribution in [0.3, 0.4) is 0 Å². The average molecular weight is 212 g/mol. The molecule has 3 N–H and O–H groups in total. The lowest BCUT2D eigenvalue weighted by Crippen LogP contribution is -2.27. The molecule has 3 nitrogen and oxygen atoms in total. The molecule has 0 spiro atoms. The number of likely N-dealkylation sites (N-methyl/N-ethyl adjacent to an activating group) is 1. The number of nitrogens with zero attached hydrogens (tertiary/aromatic N) is 1. The van der Waals surface area contributed by atoms with Gasteiger partial charge in [0.1, 0.15) is 5.82 Å². The summed E-state index contributed by atoms with van der Waals surface area (Å²) in [6.45, 7) is 2.40. The first-order valence-corrected chi connectivity index (χ1v) is 4.92. The van der Waals surface area contributed by atoms with Crippen LogP contribution in [0, 0.1) is 5.82 Å². The van der Waals surface area contributed by atoms with Crippen LogP contribution >= 0.6 is 0 Å². The van der Waals surface area contributed by atoms with Crippen molar-refractivity contribution in [2.45, 2.75) is 19.6 Å².